The summed E-state index contributed by atoms with van der Waals surface area (Å²) in [5.41, 5.74) is 2.75. The fourth-order valence-corrected chi connectivity index (χ4v) is 3.48. The Morgan fingerprint density at radius 2 is 1.90 bits per heavy atom. The van der Waals surface area contributed by atoms with Crippen molar-refractivity contribution in [2.75, 3.05) is 11.9 Å². The third kappa shape index (κ3) is 3.99. The van der Waals surface area contributed by atoms with Gasteiger partial charge in [0.1, 0.15) is 6.54 Å². The normalized spacial score (nSPS) is 11.3. The molecule has 0 aliphatic carbocycles. The number of aromatic nitrogens is 3. The molecule has 2 aromatic carbocycles. The Labute approximate surface area is 179 Å². The molecule has 4 aromatic rings. The van der Waals surface area contributed by atoms with E-state index in [1.807, 2.05) is 69.3 Å². The number of rotatable bonds is 5. The third-order valence-electron chi connectivity index (χ3n) is 5.26. The molecule has 7 nitrogen and oxygen atoms in total. The van der Waals surface area contributed by atoms with E-state index in [0.29, 0.717) is 22.8 Å². The fourth-order valence-electron chi connectivity index (χ4n) is 3.48. The van der Waals surface area contributed by atoms with E-state index in [2.05, 4.69) is 10.1 Å². The van der Waals surface area contributed by atoms with E-state index in [1.54, 1.807) is 11.9 Å². The maximum absolute atomic E-state index is 13.0. The number of para-hydroxylation sites is 1. The summed E-state index contributed by atoms with van der Waals surface area (Å²) in [5, 5.41) is 4.78. The summed E-state index contributed by atoms with van der Waals surface area (Å²) in [4.78, 5) is 32.0. The van der Waals surface area contributed by atoms with E-state index < -0.39 is 0 Å². The smallest absolute Gasteiger partial charge is 0.258 e. The molecule has 158 valence electrons. The molecule has 0 atom stereocenters. The van der Waals surface area contributed by atoms with Crippen molar-refractivity contribution in [2.45, 2.75) is 33.2 Å². The van der Waals surface area contributed by atoms with Crippen molar-refractivity contribution in [3.63, 3.8) is 0 Å². The minimum absolute atomic E-state index is 0.0782. The first-order valence-electron chi connectivity index (χ1n) is 10.1. The summed E-state index contributed by atoms with van der Waals surface area (Å²) in [5.74, 6) is 0.801. The first-order valence-corrected chi connectivity index (χ1v) is 10.1. The number of hydrogen-bond donors (Lipinski definition) is 0. The van der Waals surface area contributed by atoms with Crippen LogP contribution in [0.5, 0.6) is 0 Å². The topological polar surface area (TPSA) is 81.2 Å². The Bertz CT molecular complexity index is 1320. The van der Waals surface area contributed by atoms with Gasteiger partial charge in [-0.25, -0.2) is 0 Å². The number of amides is 1. The van der Waals surface area contributed by atoms with E-state index in [0.717, 1.165) is 16.6 Å². The zero-order chi connectivity index (χ0) is 22.1. The van der Waals surface area contributed by atoms with Crippen LogP contribution in [0.15, 0.2) is 63.9 Å². The molecule has 0 unspecified atom stereocenters. The van der Waals surface area contributed by atoms with E-state index in [-0.39, 0.29) is 23.9 Å². The SMILES string of the molecule is Cc1cccc(N(C)C(=O)Cn2c(=O)cc(-c3nc(C(C)C)no3)c3ccccc32)c1. The molecule has 0 N–H and O–H groups in total. The third-order valence-corrected chi connectivity index (χ3v) is 5.26. The lowest BCUT2D eigenvalue weighted by Crippen LogP contribution is -2.34. The number of hydrogen-bond acceptors (Lipinski definition) is 5. The van der Waals surface area contributed by atoms with Crippen LogP contribution in [0.1, 0.15) is 31.2 Å². The molecule has 0 bridgehead atoms. The monoisotopic (exact) mass is 416 g/mol. The van der Waals surface area contributed by atoms with Crippen LogP contribution < -0.4 is 10.5 Å². The molecule has 7 heteroatoms. The zero-order valence-electron chi connectivity index (χ0n) is 18.0. The number of pyridine rings is 1. The number of likely N-dealkylation sites (N-methyl/N-ethyl adjacent to an activating group) is 1. The van der Waals surface area contributed by atoms with Crippen LogP contribution in [-0.4, -0.2) is 27.7 Å². The summed E-state index contributed by atoms with van der Waals surface area (Å²) in [6.07, 6.45) is 0. The van der Waals surface area contributed by atoms with E-state index in [9.17, 15) is 9.59 Å². The summed E-state index contributed by atoms with van der Waals surface area (Å²) in [7, 11) is 1.71. The van der Waals surface area contributed by atoms with Crippen molar-refractivity contribution in [2.24, 2.45) is 0 Å². The molecule has 0 saturated carbocycles. The molecule has 0 aliphatic heterocycles. The van der Waals surface area contributed by atoms with Crippen LogP contribution >= 0.6 is 0 Å². The first kappa shape index (κ1) is 20.5. The van der Waals surface area contributed by atoms with E-state index in [4.69, 9.17) is 4.52 Å². The number of aryl methyl sites for hydroxylation is 1. The second kappa shape index (κ2) is 8.18. The highest BCUT2D eigenvalue weighted by Crippen LogP contribution is 2.27. The maximum atomic E-state index is 13.0. The Kier molecular flexibility index (Phi) is 5.42. The van der Waals surface area contributed by atoms with Crippen molar-refractivity contribution < 1.29 is 9.32 Å². The van der Waals surface area contributed by atoms with Crippen LogP contribution in [0.4, 0.5) is 5.69 Å². The Morgan fingerprint density at radius 3 is 2.61 bits per heavy atom. The van der Waals surface area contributed by atoms with Gasteiger partial charge in [-0.3, -0.25) is 14.2 Å². The molecular formula is C24H24N4O3. The number of carbonyl (C=O) groups excluding carboxylic acids is 1. The standard InChI is InChI=1S/C24H24N4O3/c1-15(2)23-25-24(31-26-23)19-13-21(29)28(20-11-6-5-10-18(19)20)14-22(30)27(4)17-9-7-8-16(3)12-17/h5-13,15H,14H2,1-4H3. The van der Waals surface area contributed by atoms with Crippen LogP contribution in [0.2, 0.25) is 0 Å². The average Bonchev–Trinajstić information content (AvgIpc) is 3.25. The highest BCUT2D eigenvalue weighted by molar-refractivity contribution is 5.96. The van der Waals surface area contributed by atoms with Crippen LogP contribution in [0.25, 0.3) is 22.4 Å². The van der Waals surface area contributed by atoms with Gasteiger partial charge in [0.2, 0.25) is 5.91 Å². The zero-order valence-corrected chi connectivity index (χ0v) is 18.0. The highest BCUT2D eigenvalue weighted by atomic mass is 16.5. The predicted molar refractivity (Wildman–Crippen MR) is 120 cm³/mol. The molecule has 2 heterocycles. The minimum Gasteiger partial charge on any atom is -0.334 e. The molecule has 4 rings (SSSR count). The lowest BCUT2D eigenvalue weighted by atomic mass is 10.1. The van der Waals surface area contributed by atoms with Crippen LogP contribution in [0.3, 0.4) is 0 Å². The van der Waals surface area contributed by atoms with Gasteiger partial charge in [0, 0.05) is 30.1 Å². The lowest BCUT2D eigenvalue weighted by molar-refractivity contribution is -0.118. The van der Waals surface area contributed by atoms with Crippen molar-refractivity contribution in [3.8, 4) is 11.5 Å². The number of nitrogens with zero attached hydrogens (tertiary/aromatic N) is 4. The molecule has 0 spiro atoms. The highest BCUT2D eigenvalue weighted by Gasteiger charge is 2.19. The van der Waals surface area contributed by atoms with Gasteiger partial charge < -0.3 is 9.42 Å². The second-order valence-electron chi connectivity index (χ2n) is 7.90. The van der Waals surface area contributed by atoms with Crippen molar-refractivity contribution in [3.05, 3.63) is 76.3 Å². The largest absolute Gasteiger partial charge is 0.334 e. The first-order chi connectivity index (χ1) is 14.8. The second-order valence-corrected chi connectivity index (χ2v) is 7.90. The lowest BCUT2D eigenvalue weighted by Gasteiger charge is -2.19. The van der Waals surface area contributed by atoms with Gasteiger partial charge in [0.25, 0.3) is 11.4 Å². The van der Waals surface area contributed by atoms with Crippen molar-refractivity contribution in [1.82, 2.24) is 14.7 Å². The number of benzene rings is 2. The summed E-state index contributed by atoms with van der Waals surface area (Å²) < 4.78 is 6.90. The van der Waals surface area contributed by atoms with Gasteiger partial charge >= 0.3 is 0 Å². The fraction of sp³-hybridized carbons (Fsp3) is 0.250. The van der Waals surface area contributed by atoms with Crippen LogP contribution in [-0.2, 0) is 11.3 Å². The van der Waals surface area contributed by atoms with Crippen LogP contribution in [0, 0.1) is 6.92 Å². The molecule has 0 fully saturated rings. The van der Waals surface area contributed by atoms with Gasteiger partial charge in [-0.1, -0.05) is 49.3 Å². The average molecular weight is 416 g/mol. The van der Waals surface area contributed by atoms with E-state index >= 15 is 0 Å². The number of anilines is 1. The maximum Gasteiger partial charge on any atom is 0.258 e. The van der Waals surface area contributed by atoms with Crippen molar-refractivity contribution >= 4 is 22.5 Å². The van der Waals surface area contributed by atoms with Gasteiger partial charge in [0.05, 0.1) is 11.1 Å². The van der Waals surface area contributed by atoms with Gasteiger partial charge in [-0.15, -0.1) is 0 Å². The molecule has 1 amide bonds. The molecule has 0 radical (unpaired) electrons. The summed E-state index contributed by atoms with van der Waals surface area (Å²) in [6.45, 7) is 5.84. The Balaban J connectivity index is 1.75. The number of fused-ring (bicyclic) bond motifs is 1. The Hall–Kier alpha value is -3.74. The quantitative estimate of drug-likeness (QED) is 0.488. The van der Waals surface area contributed by atoms with Gasteiger partial charge in [-0.05, 0) is 30.7 Å². The summed E-state index contributed by atoms with van der Waals surface area (Å²) >= 11 is 0. The van der Waals surface area contributed by atoms with Gasteiger partial charge in [0.15, 0.2) is 5.82 Å². The molecule has 31 heavy (non-hydrogen) atoms. The predicted octanol–water partition coefficient (Wildman–Crippen LogP) is 4.15. The van der Waals surface area contributed by atoms with Gasteiger partial charge in [-0.2, -0.15) is 4.98 Å². The molecule has 2 aromatic heterocycles. The van der Waals surface area contributed by atoms with Crippen molar-refractivity contribution in [1.29, 1.82) is 0 Å². The number of carbonyl (C=O) groups is 1. The molecule has 0 saturated heterocycles. The minimum atomic E-state index is -0.302. The summed E-state index contributed by atoms with van der Waals surface area (Å²) in [6, 6.07) is 16.6. The Morgan fingerprint density at radius 1 is 1.13 bits per heavy atom. The van der Waals surface area contributed by atoms with E-state index in [1.165, 1.54) is 10.6 Å². The molecular weight excluding hydrogens is 392 g/mol. The molecule has 0 aliphatic rings.